The van der Waals surface area contributed by atoms with Crippen molar-refractivity contribution in [2.45, 2.75) is 30.0 Å². The number of hydrogen-bond acceptors (Lipinski definition) is 5. The smallest absolute Gasteiger partial charge is 0.247 e. The summed E-state index contributed by atoms with van der Waals surface area (Å²) >= 11 is 1.77. The lowest BCUT2D eigenvalue weighted by molar-refractivity contribution is -0.119. The summed E-state index contributed by atoms with van der Waals surface area (Å²) in [6.07, 6.45) is 2.26. The Morgan fingerprint density at radius 3 is 2.92 bits per heavy atom. The summed E-state index contributed by atoms with van der Waals surface area (Å²) in [4.78, 5) is 19.6. The molecule has 120 valence electrons. The van der Waals surface area contributed by atoms with Gasteiger partial charge in [0.2, 0.25) is 5.91 Å². The molecule has 0 unspecified atom stereocenters. The zero-order valence-corrected chi connectivity index (χ0v) is 14.0. The first-order valence-corrected chi connectivity index (χ1v) is 8.43. The van der Waals surface area contributed by atoms with Crippen molar-refractivity contribution in [3.63, 3.8) is 0 Å². The molecule has 7 heteroatoms. The van der Waals surface area contributed by atoms with Gasteiger partial charge in [-0.15, -0.1) is 11.8 Å². The molecule has 2 aromatic rings. The fourth-order valence-corrected chi connectivity index (χ4v) is 3.79. The summed E-state index contributed by atoms with van der Waals surface area (Å²) in [6.45, 7) is 2.77. The molecule has 3 rings (SSSR count). The molecule has 0 aliphatic carbocycles. The molecule has 2 heterocycles. The minimum atomic E-state index is -0.115. The average Bonchev–Trinajstić information content (AvgIpc) is 2.88. The fraction of sp³-hybridized carbons (Fsp3) is 0.294. The van der Waals surface area contributed by atoms with Crippen LogP contribution in [0.2, 0.25) is 0 Å². The van der Waals surface area contributed by atoms with Crippen molar-refractivity contribution in [3.8, 4) is 12.1 Å². The third-order valence-electron chi connectivity index (χ3n) is 3.90. The summed E-state index contributed by atoms with van der Waals surface area (Å²) in [5.74, 6) is -0.115. The number of anilines is 1. The van der Waals surface area contributed by atoms with Crippen molar-refractivity contribution in [1.82, 2.24) is 9.55 Å². The second-order valence-electron chi connectivity index (χ2n) is 5.52. The first-order chi connectivity index (χ1) is 11.6. The molecule has 0 saturated carbocycles. The van der Waals surface area contributed by atoms with Gasteiger partial charge in [-0.05, 0) is 18.6 Å². The molecule has 0 bridgehead atoms. The van der Waals surface area contributed by atoms with Crippen LogP contribution in [0.4, 0.5) is 5.69 Å². The second-order valence-corrected chi connectivity index (χ2v) is 7.00. The summed E-state index contributed by atoms with van der Waals surface area (Å²) in [6, 6.07) is 11.7. The van der Waals surface area contributed by atoms with E-state index in [-0.39, 0.29) is 23.8 Å². The van der Waals surface area contributed by atoms with E-state index in [1.807, 2.05) is 36.4 Å². The van der Waals surface area contributed by atoms with E-state index >= 15 is 0 Å². The number of amides is 1. The van der Waals surface area contributed by atoms with E-state index < -0.39 is 0 Å². The van der Waals surface area contributed by atoms with Crippen LogP contribution in [0.5, 0.6) is 0 Å². The third kappa shape index (κ3) is 2.99. The fourth-order valence-electron chi connectivity index (χ4n) is 2.68. The maximum atomic E-state index is 12.8. The van der Waals surface area contributed by atoms with Crippen LogP contribution in [0.15, 0.2) is 35.5 Å². The normalized spacial score (nSPS) is 16.6. The van der Waals surface area contributed by atoms with Crippen molar-refractivity contribution >= 4 is 23.4 Å². The molecular formula is C17H15N5OS. The Kier molecular flexibility index (Phi) is 4.54. The van der Waals surface area contributed by atoms with Gasteiger partial charge >= 0.3 is 0 Å². The topological polar surface area (TPSA) is 85.7 Å². The van der Waals surface area contributed by atoms with Gasteiger partial charge < -0.3 is 9.47 Å². The molecule has 1 aliphatic rings. The number of nitrogens with zero attached hydrogens (tertiary/aromatic N) is 5. The van der Waals surface area contributed by atoms with Crippen LogP contribution >= 0.6 is 11.8 Å². The average molecular weight is 337 g/mol. The number of imidazole rings is 1. The first-order valence-electron chi connectivity index (χ1n) is 7.55. The Hall–Kier alpha value is -2.77. The molecule has 0 fully saturated rings. The van der Waals surface area contributed by atoms with Gasteiger partial charge in [-0.1, -0.05) is 19.1 Å². The summed E-state index contributed by atoms with van der Waals surface area (Å²) in [5.41, 5.74) is 1.07. The van der Waals surface area contributed by atoms with Crippen LogP contribution in [0.1, 0.15) is 24.7 Å². The third-order valence-corrected chi connectivity index (χ3v) is 5.14. The van der Waals surface area contributed by atoms with Crippen LogP contribution < -0.4 is 4.90 Å². The summed E-state index contributed by atoms with van der Waals surface area (Å²) < 4.78 is 1.44. The number of thioether (sulfide) groups is 1. The van der Waals surface area contributed by atoms with Crippen molar-refractivity contribution in [2.75, 3.05) is 11.4 Å². The highest BCUT2D eigenvalue weighted by Gasteiger charge is 2.25. The van der Waals surface area contributed by atoms with Crippen molar-refractivity contribution < 1.29 is 4.79 Å². The molecule has 0 saturated heterocycles. The van der Waals surface area contributed by atoms with E-state index in [0.717, 1.165) is 17.0 Å². The Morgan fingerprint density at radius 2 is 2.17 bits per heavy atom. The Balaban J connectivity index is 1.90. The van der Waals surface area contributed by atoms with Gasteiger partial charge in [0, 0.05) is 16.7 Å². The molecule has 0 radical (unpaired) electrons. The highest BCUT2D eigenvalue weighted by atomic mass is 32.2. The van der Waals surface area contributed by atoms with Crippen molar-refractivity contribution in [1.29, 1.82) is 10.5 Å². The van der Waals surface area contributed by atoms with Crippen molar-refractivity contribution in [3.05, 3.63) is 42.0 Å². The number of rotatable bonds is 2. The zero-order valence-electron chi connectivity index (χ0n) is 13.1. The minimum absolute atomic E-state index is 0.00897. The van der Waals surface area contributed by atoms with Crippen LogP contribution in [0.3, 0.4) is 0 Å². The second kappa shape index (κ2) is 6.77. The highest BCUT2D eigenvalue weighted by Crippen LogP contribution is 2.37. The van der Waals surface area contributed by atoms with Crippen LogP contribution in [0, 0.1) is 22.7 Å². The Bertz CT molecular complexity index is 861. The number of carbonyl (C=O) groups excluding carboxylic acids is 1. The monoisotopic (exact) mass is 337 g/mol. The summed E-state index contributed by atoms with van der Waals surface area (Å²) in [7, 11) is 0. The Labute approximate surface area is 144 Å². The Morgan fingerprint density at radius 1 is 1.38 bits per heavy atom. The molecule has 1 aromatic carbocycles. The maximum Gasteiger partial charge on any atom is 0.247 e. The SMILES string of the molecule is C[C@H]1CCN(C(=O)Cn2cnc(C#N)c2C#N)c2ccccc2S1. The van der Waals surface area contributed by atoms with Gasteiger partial charge in [-0.25, -0.2) is 4.98 Å². The molecule has 1 aliphatic heterocycles. The lowest BCUT2D eigenvalue weighted by atomic mass is 10.2. The number of nitriles is 2. The number of fused-ring (bicyclic) bond motifs is 1. The largest absolute Gasteiger partial charge is 0.312 e. The van der Waals surface area contributed by atoms with Gasteiger partial charge in [0.1, 0.15) is 18.7 Å². The van der Waals surface area contributed by atoms with Gasteiger partial charge in [-0.3, -0.25) is 4.79 Å². The van der Waals surface area contributed by atoms with Crippen LogP contribution in [0.25, 0.3) is 0 Å². The van der Waals surface area contributed by atoms with E-state index in [4.69, 9.17) is 5.26 Å². The number of carbonyl (C=O) groups is 1. The quantitative estimate of drug-likeness (QED) is 0.840. The van der Waals surface area contributed by atoms with Gasteiger partial charge in [0.05, 0.1) is 12.0 Å². The zero-order chi connectivity index (χ0) is 17.1. The van der Waals surface area contributed by atoms with Crippen LogP contribution in [-0.4, -0.2) is 27.3 Å². The van der Waals surface area contributed by atoms with Gasteiger partial charge in [0.15, 0.2) is 11.4 Å². The molecule has 1 amide bonds. The molecular weight excluding hydrogens is 322 g/mol. The lowest BCUT2D eigenvalue weighted by Gasteiger charge is -2.22. The molecule has 24 heavy (non-hydrogen) atoms. The van der Waals surface area contributed by atoms with Crippen molar-refractivity contribution in [2.24, 2.45) is 0 Å². The lowest BCUT2D eigenvalue weighted by Crippen LogP contribution is -2.35. The number of hydrogen-bond donors (Lipinski definition) is 0. The molecule has 1 aromatic heterocycles. The summed E-state index contributed by atoms with van der Waals surface area (Å²) in [5, 5.41) is 18.6. The van der Waals surface area contributed by atoms with E-state index in [9.17, 15) is 10.1 Å². The molecule has 0 N–H and O–H groups in total. The number of aromatic nitrogens is 2. The van der Waals surface area contributed by atoms with E-state index in [1.165, 1.54) is 10.9 Å². The van der Waals surface area contributed by atoms with Crippen LogP contribution in [-0.2, 0) is 11.3 Å². The van der Waals surface area contributed by atoms with E-state index in [0.29, 0.717) is 11.8 Å². The predicted octanol–water partition coefficient (Wildman–Crippen LogP) is 2.54. The predicted molar refractivity (Wildman–Crippen MR) is 90.4 cm³/mol. The van der Waals surface area contributed by atoms with E-state index in [2.05, 4.69) is 11.9 Å². The number of para-hydroxylation sites is 1. The molecule has 1 atom stereocenters. The minimum Gasteiger partial charge on any atom is -0.312 e. The first kappa shape index (κ1) is 16.1. The van der Waals surface area contributed by atoms with Gasteiger partial charge in [-0.2, -0.15) is 10.5 Å². The maximum absolute atomic E-state index is 12.8. The molecule has 6 nitrogen and oxygen atoms in total. The highest BCUT2D eigenvalue weighted by molar-refractivity contribution is 8.00. The van der Waals surface area contributed by atoms with Gasteiger partial charge in [0.25, 0.3) is 0 Å². The number of benzene rings is 1. The van der Waals surface area contributed by atoms with E-state index in [1.54, 1.807) is 16.7 Å². The standard InChI is InChI=1S/C17H15N5OS/c1-12-6-7-22(14-4-2-3-5-16(14)24-12)17(23)10-21-11-20-13(8-18)15(21)9-19/h2-5,11-12H,6-7,10H2,1H3/t12-/m0/s1. The molecule has 0 spiro atoms.